The monoisotopic (exact) mass is 499 g/mol. The zero-order valence-electron chi connectivity index (χ0n) is 19.3. The van der Waals surface area contributed by atoms with Gasteiger partial charge in [0.1, 0.15) is 5.56 Å². The Kier molecular flexibility index (Phi) is 7.01. The van der Waals surface area contributed by atoms with Crippen LogP contribution in [0.4, 0.5) is 0 Å². The first-order valence-electron chi connectivity index (χ1n) is 11.0. The van der Waals surface area contributed by atoms with E-state index in [2.05, 4.69) is 4.98 Å². The molecule has 0 spiro atoms. The summed E-state index contributed by atoms with van der Waals surface area (Å²) in [7, 11) is -3.69. The average molecular weight is 500 g/mol. The zero-order chi connectivity index (χ0) is 25.2. The number of esters is 1. The number of hydrogen-bond donors (Lipinski definition) is 1. The van der Waals surface area contributed by atoms with E-state index < -0.39 is 33.9 Å². The number of rotatable bonds is 7. The van der Waals surface area contributed by atoms with Crippen molar-refractivity contribution in [3.63, 3.8) is 0 Å². The number of morpholine rings is 1. The minimum Gasteiger partial charge on any atom is -0.454 e. The molecule has 1 aliphatic rings. The summed E-state index contributed by atoms with van der Waals surface area (Å²) in [6.45, 7) is 4.27. The van der Waals surface area contributed by atoms with Crippen LogP contribution in [0, 0.1) is 13.8 Å². The molecule has 3 aromatic rings. The van der Waals surface area contributed by atoms with E-state index in [4.69, 9.17) is 9.47 Å². The molecule has 0 saturated carbocycles. The number of Topliss-reactive ketones (excluding diaryl/α,β-unsaturated/α-hetero) is 1. The van der Waals surface area contributed by atoms with Crippen molar-refractivity contribution in [2.24, 2.45) is 0 Å². The molecular formula is C24H25N3O7S. The predicted molar refractivity (Wildman–Crippen MR) is 126 cm³/mol. The number of sulfonamides is 1. The molecule has 0 aliphatic carbocycles. The number of aromatic nitrogens is 2. The number of nitrogens with zero attached hydrogens (tertiary/aromatic N) is 2. The van der Waals surface area contributed by atoms with Gasteiger partial charge >= 0.3 is 5.97 Å². The number of hydrogen-bond acceptors (Lipinski definition) is 7. The number of pyridine rings is 1. The highest BCUT2D eigenvalue weighted by Crippen LogP contribution is 2.25. The number of carbonyl (C=O) groups excluding carboxylic acids is 2. The third-order valence-electron chi connectivity index (χ3n) is 5.79. The van der Waals surface area contributed by atoms with Crippen LogP contribution in [0.5, 0.6) is 0 Å². The zero-order valence-corrected chi connectivity index (χ0v) is 20.1. The number of benzene rings is 1. The molecule has 0 bridgehead atoms. The van der Waals surface area contributed by atoms with Gasteiger partial charge in [-0.15, -0.1) is 0 Å². The molecule has 2 aromatic heterocycles. The van der Waals surface area contributed by atoms with E-state index >= 15 is 0 Å². The maximum atomic E-state index is 13.1. The molecule has 10 nitrogen and oxygen atoms in total. The van der Waals surface area contributed by atoms with Gasteiger partial charge in [-0.3, -0.25) is 9.59 Å². The molecular weight excluding hydrogens is 474 g/mol. The summed E-state index contributed by atoms with van der Waals surface area (Å²) >= 11 is 0. The van der Waals surface area contributed by atoms with Gasteiger partial charge < -0.3 is 19.0 Å². The first kappa shape index (κ1) is 24.6. The molecule has 1 aromatic carbocycles. The van der Waals surface area contributed by atoms with Crippen LogP contribution in [0.25, 0.3) is 5.69 Å². The fourth-order valence-electron chi connectivity index (χ4n) is 4.03. The number of aryl methyl sites for hydroxylation is 1. The summed E-state index contributed by atoms with van der Waals surface area (Å²) in [4.78, 5) is 39.3. The summed E-state index contributed by atoms with van der Waals surface area (Å²) < 4.78 is 39.6. The van der Waals surface area contributed by atoms with Gasteiger partial charge in [0.2, 0.25) is 15.8 Å². The van der Waals surface area contributed by atoms with Gasteiger partial charge in [-0.2, -0.15) is 4.31 Å². The highest BCUT2D eigenvalue weighted by atomic mass is 32.2. The second-order valence-electron chi connectivity index (χ2n) is 8.05. The largest absolute Gasteiger partial charge is 0.454 e. The molecule has 0 unspecified atom stereocenters. The summed E-state index contributed by atoms with van der Waals surface area (Å²) in [5, 5.41) is 0. The Hall–Kier alpha value is -3.54. The van der Waals surface area contributed by atoms with Crippen molar-refractivity contribution in [3.8, 4) is 5.69 Å². The smallest absolute Gasteiger partial charge is 0.344 e. The quantitative estimate of drug-likeness (QED) is 0.388. The minimum absolute atomic E-state index is 0.152. The molecule has 0 atom stereocenters. The van der Waals surface area contributed by atoms with Gasteiger partial charge in [0.05, 0.1) is 18.1 Å². The van der Waals surface area contributed by atoms with Crippen molar-refractivity contribution in [1.82, 2.24) is 13.9 Å². The molecule has 3 heterocycles. The fourth-order valence-corrected chi connectivity index (χ4v) is 5.48. The lowest BCUT2D eigenvalue weighted by Crippen LogP contribution is -2.40. The molecule has 1 saturated heterocycles. The van der Waals surface area contributed by atoms with Crippen LogP contribution in [0.1, 0.15) is 32.1 Å². The standard InChI is InChI=1S/C24H25N3O7S/c1-16-13-21(22(28)15-34-24(30)20-7-4-8-25-23(20)29)17(2)27(16)18-5-3-6-19(14-18)35(31,32)26-9-11-33-12-10-26/h3-8,13-14H,9-12,15H2,1-2H3,(H,25,29). The van der Waals surface area contributed by atoms with E-state index in [0.717, 1.165) is 0 Å². The number of aromatic amines is 1. The van der Waals surface area contributed by atoms with Gasteiger partial charge in [0.25, 0.3) is 5.56 Å². The fraction of sp³-hybridized carbons (Fsp3) is 0.292. The van der Waals surface area contributed by atoms with Crippen LogP contribution in [0.2, 0.25) is 0 Å². The lowest BCUT2D eigenvalue weighted by atomic mass is 10.1. The Morgan fingerprint density at radius 1 is 1.06 bits per heavy atom. The lowest BCUT2D eigenvalue weighted by molar-refractivity contribution is 0.0472. The molecule has 11 heteroatoms. The maximum Gasteiger partial charge on any atom is 0.344 e. The Morgan fingerprint density at radius 3 is 2.51 bits per heavy atom. The van der Waals surface area contributed by atoms with Crippen molar-refractivity contribution >= 4 is 21.8 Å². The number of ether oxygens (including phenoxy) is 2. The second-order valence-corrected chi connectivity index (χ2v) is 9.98. The van der Waals surface area contributed by atoms with Crippen molar-refractivity contribution in [3.05, 3.63) is 81.5 Å². The van der Waals surface area contributed by atoms with Crippen LogP contribution in [0.15, 0.2) is 58.4 Å². The van der Waals surface area contributed by atoms with E-state index in [1.165, 1.54) is 22.6 Å². The van der Waals surface area contributed by atoms with Gasteiger partial charge in [0.15, 0.2) is 6.61 Å². The van der Waals surface area contributed by atoms with Crippen molar-refractivity contribution < 1.29 is 27.5 Å². The topological polar surface area (TPSA) is 128 Å². The van der Waals surface area contributed by atoms with Crippen molar-refractivity contribution in [1.29, 1.82) is 0 Å². The molecule has 0 amide bonds. The second kappa shape index (κ2) is 9.98. The van der Waals surface area contributed by atoms with E-state index in [1.54, 1.807) is 48.7 Å². The Morgan fingerprint density at radius 2 is 1.80 bits per heavy atom. The molecule has 1 aliphatic heterocycles. The van der Waals surface area contributed by atoms with E-state index in [9.17, 15) is 22.8 Å². The van der Waals surface area contributed by atoms with Crippen LogP contribution in [0.3, 0.4) is 0 Å². The summed E-state index contributed by atoms with van der Waals surface area (Å²) in [5.74, 6) is -1.34. The molecule has 1 fully saturated rings. The van der Waals surface area contributed by atoms with Crippen molar-refractivity contribution in [2.45, 2.75) is 18.7 Å². The van der Waals surface area contributed by atoms with E-state index in [0.29, 0.717) is 48.9 Å². The molecule has 35 heavy (non-hydrogen) atoms. The first-order valence-corrected chi connectivity index (χ1v) is 12.4. The lowest BCUT2D eigenvalue weighted by Gasteiger charge is -2.26. The van der Waals surface area contributed by atoms with Crippen LogP contribution >= 0.6 is 0 Å². The number of carbonyl (C=O) groups is 2. The number of nitrogens with one attached hydrogen (secondary N) is 1. The first-order chi connectivity index (χ1) is 16.7. The highest BCUT2D eigenvalue weighted by Gasteiger charge is 2.27. The summed E-state index contributed by atoms with van der Waals surface area (Å²) in [5.41, 5.74) is 1.40. The Labute approximate surface area is 202 Å². The summed E-state index contributed by atoms with van der Waals surface area (Å²) in [6.07, 6.45) is 1.39. The molecule has 0 radical (unpaired) electrons. The van der Waals surface area contributed by atoms with E-state index in [1.807, 2.05) is 0 Å². The van der Waals surface area contributed by atoms with Crippen molar-refractivity contribution in [2.75, 3.05) is 32.9 Å². The molecule has 1 N–H and O–H groups in total. The average Bonchev–Trinajstić information content (AvgIpc) is 3.17. The van der Waals surface area contributed by atoms with Gasteiger partial charge in [-0.1, -0.05) is 6.07 Å². The Bertz CT molecular complexity index is 1430. The van der Waals surface area contributed by atoms with Gasteiger partial charge in [-0.25, -0.2) is 13.2 Å². The maximum absolute atomic E-state index is 13.1. The SMILES string of the molecule is Cc1cc(C(=O)COC(=O)c2ccc[nH]c2=O)c(C)n1-c1cccc(S(=O)(=O)N2CCOCC2)c1. The van der Waals surface area contributed by atoms with Gasteiger partial charge in [0, 0.05) is 41.9 Å². The number of H-pyrrole nitrogens is 1. The van der Waals surface area contributed by atoms with Crippen LogP contribution in [-0.4, -0.2) is 66.9 Å². The minimum atomic E-state index is -3.69. The van der Waals surface area contributed by atoms with Gasteiger partial charge in [-0.05, 0) is 50.2 Å². The van der Waals surface area contributed by atoms with Crippen LogP contribution < -0.4 is 5.56 Å². The molecule has 4 rings (SSSR count). The third kappa shape index (κ3) is 4.97. The Balaban J connectivity index is 1.56. The summed E-state index contributed by atoms with van der Waals surface area (Å²) in [6, 6.07) is 11.0. The highest BCUT2D eigenvalue weighted by molar-refractivity contribution is 7.89. The predicted octanol–water partition coefficient (Wildman–Crippen LogP) is 1.84. The normalized spacial score (nSPS) is 14.6. The van der Waals surface area contributed by atoms with Crippen LogP contribution in [-0.2, 0) is 19.5 Å². The molecule has 184 valence electrons. The van der Waals surface area contributed by atoms with E-state index in [-0.39, 0.29) is 10.5 Å². The number of ketones is 1. The third-order valence-corrected chi connectivity index (χ3v) is 7.68.